The van der Waals surface area contributed by atoms with Gasteiger partial charge in [-0.15, -0.1) is 0 Å². The molecule has 0 radical (unpaired) electrons. The fourth-order valence-corrected chi connectivity index (χ4v) is 2.50. The van der Waals surface area contributed by atoms with Crippen molar-refractivity contribution in [3.05, 3.63) is 29.8 Å². The van der Waals surface area contributed by atoms with E-state index in [2.05, 4.69) is 5.48 Å². The number of ether oxygens (including phenoxy) is 2. The molecule has 20 heavy (non-hydrogen) atoms. The van der Waals surface area contributed by atoms with Gasteiger partial charge in [0.2, 0.25) is 0 Å². The topological polar surface area (TPSA) is 56.8 Å². The maximum atomic E-state index is 12.0. The predicted molar refractivity (Wildman–Crippen MR) is 72.0 cm³/mol. The van der Waals surface area contributed by atoms with Crippen LogP contribution < -0.4 is 10.2 Å². The number of hydroxylamine groups is 1. The first-order valence-corrected chi connectivity index (χ1v) is 7.14. The molecule has 1 unspecified atom stereocenters. The average Bonchev–Trinajstić information content (AvgIpc) is 2.53. The number of hydrogen-bond acceptors (Lipinski definition) is 4. The molecule has 1 amide bonds. The molecule has 0 aromatic heterocycles. The molecule has 2 atom stereocenters. The number of para-hydroxylation sites is 1. The van der Waals surface area contributed by atoms with Gasteiger partial charge in [0, 0.05) is 13.0 Å². The Morgan fingerprint density at radius 3 is 3.00 bits per heavy atom. The fraction of sp³-hybridized carbons (Fsp3) is 0.533. The third-order valence-electron chi connectivity index (χ3n) is 3.64. The standard InChI is InChI=1S/C15H19NO4/c17-15(16-20-14-7-3-4-10-18-14)13-9-8-11-5-1-2-6-12(11)19-13/h1-2,5-6,13-14H,3-4,7-10H2,(H,16,17)/t13-,14?/m1/s1. The van der Waals surface area contributed by atoms with Gasteiger partial charge in [0.05, 0.1) is 0 Å². The van der Waals surface area contributed by atoms with Crippen LogP contribution in [0.15, 0.2) is 24.3 Å². The van der Waals surface area contributed by atoms with Gasteiger partial charge in [-0.2, -0.15) is 0 Å². The zero-order valence-electron chi connectivity index (χ0n) is 11.3. The smallest absolute Gasteiger partial charge is 0.284 e. The lowest BCUT2D eigenvalue weighted by Gasteiger charge is -2.26. The van der Waals surface area contributed by atoms with Gasteiger partial charge in [0.1, 0.15) is 5.75 Å². The number of carbonyl (C=O) groups is 1. The van der Waals surface area contributed by atoms with Crippen molar-refractivity contribution in [2.75, 3.05) is 6.61 Å². The van der Waals surface area contributed by atoms with Gasteiger partial charge in [-0.05, 0) is 37.3 Å². The van der Waals surface area contributed by atoms with E-state index in [4.69, 9.17) is 14.3 Å². The van der Waals surface area contributed by atoms with E-state index in [1.807, 2.05) is 24.3 Å². The minimum absolute atomic E-state index is 0.242. The highest BCUT2D eigenvalue weighted by molar-refractivity contribution is 5.80. The second-order valence-electron chi connectivity index (χ2n) is 5.13. The maximum Gasteiger partial charge on any atom is 0.284 e. The van der Waals surface area contributed by atoms with Gasteiger partial charge in [-0.1, -0.05) is 18.2 Å². The number of rotatable bonds is 3. The van der Waals surface area contributed by atoms with E-state index >= 15 is 0 Å². The van der Waals surface area contributed by atoms with Crippen molar-refractivity contribution in [2.45, 2.75) is 44.5 Å². The summed E-state index contributed by atoms with van der Waals surface area (Å²) in [5.74, 6) is 0.543. The summed E-state index contributed by atoms with van der Waals surface area (Å²) in [5, 5.41) is 0. The highest BCUT2D eigenvalue weighted by Crippen LogP contribution is 2.27. The number of fused-ring (bicyclic) bond motifs is 1. The average molecular weight is 277 g/mol. The molecule has 0 bridgehead atoms. The van der Waals surface area contributed by atoms with Gasteiger partial charge in [-0.25, -0.2) is 10.3 Å². The molecule has 0 spiro atoms. The Kier molecular flexibility index (Phi) is 4.18. The summed E-state index contributed by atoms with van der Waals surface area (Å²) < 4.78 is 11.1. The van der Waals surface area contributed by atoms with E-state index in [0.29, 0.717) is 13.0 Å². The lowest BCUT2D eigenvalue weighted by molar-refractivity contribution is -0.203. The van der Waals surface area contributed by atoms with Gasteiger partial charge in [0.15, 0.2) is 12.4 Å². The van der Waals surface area contributed by atoms with Crippen LogP contribution in [0.2, 0.25) is 0 Å². The molecule has 3 rings (SSSR count). The zero-order valence-corrected chi connectivity index (χ0v) is 11.3. The normalized spacial score (nSPS) is 25.4. The summed E-state index contributed by atoms with van der Waals surface area (Å²) in [6.45, 7) is 0.688. The predicted octanol–water partition coefficient (Wildman–Crippen LogP) is 1.95. The maximum absolute atomic E-state index is 12.0. The number of nitrogens with one attached hydrogen (secondary N) is 1. The number of amides is 1. The Morgan fingerprint density at radius 2 is 2.15 bits per heavy atom. The Balaban J connectivity index is 1.51. The van der Waals surface area contributed by atoms with E-state index < -0.39 is 6.10 Å². The fourth-order valence-electron chi connectivity index (χ4n) is 2.50. The van der Waals surface area contributed by atoms with E-state index in [1.165, 1.54) is 0 Å². The molecule has 2 aliphatic rings. The van der Waals surface area contributed by atoms with Crippen LogP contribution in [-0.2, 0) is 20.8 Å². The molecule has 1 saturated heterocycles. The number of aryl methyl sites for hydroxylation is 1. The van der Waals surface area contributed by atoms with Crippen molar-refractivity contribution in [3.8, 4) is 5.75 Å². The summed E-state index contributed by atoms with van der Waals surface area (Å²) in [6.07, 6.45) is 3.61. The zero-order chi connectivity index (χ0) is 13.8. The molecule has 5 heteroatoms. The van der Waals surface area contributed by atoms with Crippen LogP contribution in [0.25, 0.3) is 0 Å². The first-order valence-electron chi connectivity index (χ1n) is 7.14. The molecule has 0 saturated carbocycles. The van der Waals surface area contributed by atoms with Crippen LogP contribution in [0.5, 0.6) is 5.75 Å². The molecular formula is C15H19NO4. The van der Waals surface area contributed by atoms with E-state index in [1.54, 1.807) is 0 Å². The lowest BCUT2D eigenvalue weighted by Crippen LogP contribution is -2.42. The summed E-state index contributed by atoms with van der Waals surface area (Å²) in [5.41, 5.74) is 3.61. The van der Waals surface area contributed by atoms with Crippen molar-refractivity contribution in [1.29, 1.82) is 0 Å². The number of benzene rings is 1. The number of hydrogen-bond donors (Lipinski definition) is 1. The van der Waals surface area contributed by atoms with Crippen molar-refractivity contribution in [3.63, 3.8) is 0 Å². The van der Waals surface area contributed by atoms with Crippen molar-refractivity contribution < 1.29 is 19.1 Å². The minimum atomic E-state index is -0.492. The second kappa shape index (κ2) is 6.24. The van der Waals surface area contributed by atoms with E-state index in [0.717, 1.165) is 37.0 Å². The Hall–Kier alpha value is -1.59. The Bertz CT molecular complexity index is 471. The quantitative estimate of drug-likeness (QED) is 0.858. The SMILES string of the molecule is O=C(NOC1CCCCO1)[C@H]1CCc2ccccc2O1. The minimum Gasteiger partial charge on any atom is -0.480 e. The van der Waals surface area contributed by atoms with Crippen molar-refractivity contribution >= 4 is 5.91 Å². The first kappa shape index (κ1) is 13.4. The summed E-state index contributed by atoms with van der Waals surface area (Å²) in [6, 6.07) is 7.80. The highest BCUT2D eigenvalue weighted by atomic mass is 16.8. The molecule has 108 valence electrons. The van der Waals surface area contributed by atoms with Gasteiger partial charge < -0.3 is 9.47 Å². The van der Waals surface area contributed by atoms with Crippen molar-refractivity contribution in [2.24, 2.45) is 0 Å². The van der Waals surface area contributed by atoms with Crippen LogP contribution in [0.4, 0.5) is 0 Å². The van der Waals surface area contributed by atoms with Crippen LogP contribution in [0.1, 0.15) is 31.2 Å². The molecule has 2 aliphatic heterocycles. The molecule has 1 fully saturated rings. The van der Waals surface area contributed by atoms with Gasteiger partial charge in [-0.3, -0.25) is 4.79 Å². The molecular weight excluding hydrogens is 258 g/mol. The van der Waals surface area contributed by atoms with Crippen LogP contribution in [-0.4, -0.2) is 24.9 Å². The molecule has 1 aromatic rings. The lowest BCUT2D eigenvalue weighted by atomic mass is 10.0. The van der Waals surface area contributed by atoms with Crippen LogP contribution in [0, 0.1) is 0 Å². The first-order chi connectivity index (χ1) is 9.83. The highest BCUT2D eigenvalue weighted by Gasteiger charge is 2.27. The van der Waals surface area contributed by atoms with Crippen LogP contribution >= 0.6 is 0 Å². The molecule has 2 heterocycles. The monoisotopic (exact) mass is 277 g/mol. The summed E-state index contributed by atoms with van der Waals surface area (Å²) in [7, 11) is 0. The van der Waals surface area contributed by atoms with E-state index in [9.17, 15) is 4.79 Å². The molecule has 1 N–H and O–H groups in total. The van der Waals surface area contributed by atoms with Crippen LogP contribution in [0.3, 0.4) is 0 Å². The van der Waals surface area contributed by atoms with Gasteiger partial charge >= 0.3 is 0 Å². The molecule has 0 aliphatic carbocycles. The largest absolute Gasteiger partial charge is 0.480 e. The summed E-state index contributed by atoms with van der Waals surface area (Å²) >= 11 is 0. The molecule has 1 aromatic carbocycles. The molecule has 5 nitrogen and oxygen atoms in total. The van der Waals surface area contributed by atoms with E-state index in [-0.39, 0.29) is 12.2 Å². The Labute approximate surface area is 118 Å². The van der Waals surface area contributed by atoms with Gasteiger partial charge in [0.25, 0.3) is 5.91 Å². The van der Waals surface area contributed by atoms with Crippen molar-refractivity contribution in [1.82, 2.24) is 5.48 Å². The Morgan fingerprint density at radius 1 is 1.25 bits per heavy atom. The third-order valence-corrected chi connectivity index (χ3v) is 3.64. The number of carbonyl (C=O) groups excluding carboxylic acids is 1. The second-order valence-corrected chi connectivity index (χ2v) is 5.13. The third kappa shape index (κ3) is 3.11. The summed E-state index contributed by atoms with van der Waals surface area (Å²) in [4.78, 5) is 17.3.